The fraction of sp³-hybridized carbons (Fsp3) is 0.211. The molecule has 3 aromatic heterocycles. The zero-order valence-electron chi connectivity index (χ0n) is 15.5. The van der Waals surface area contributed by atoms with Crippen LogP contribution in [0.4, 0.5) is 5.69 Å². The number of rotatable bonds is 5. The van der Waals surface area contributed by atoms with Gasteiger partial charge in [-0.2, -0.15) is 5.10 Å². The van der Waals surface area contributed by atoms with Gasteiger partial charge in [0, 0.05) is 18.1 Å². The first-order valence-corrected chi connectivity index (χ1v) is 8.85. The van der Waals surface area contributed by atoms with Gasteiger partial charge in [-0.25, -0.2) is 19.4 Å². The van der Waals surface area contributed by atoms with Gasteiger partial charge in [-0.15, -0.1) is 0 Å². The maximum Gasteiger partial charge on any atom is 0.340 e. The molecule has 0 saturated carbocycles. The Kier molecular flexibility index (Phi) is 5.70. The second-order valence-corrected chi connectivity index (χ2v) is 6.48. The number of carbonyl (C=O) groups excluding carboxylic acids is 2. The Morgan fingerprint density at radius 1 is 1.21 bits per heavy atom. The van der Waals surface area contributed by atoms with E-state index in [2.05, 4.69) is 20.4 Å². The molecule has 3 heterocycles. The van der Waals surface area contributed by atoms with Crippen LogP contribution in [0.1, 0.15) is 28.7 Å². The van der Waals surface area contributed by atoms with Gasteiger partial charge in [-0.1, -0.05) is 11.6 Å². The van der Waals surface area contributed by atoms with Crippen LogP contribution in [0, 0.1) is 13.8 Å². The molecule has 0 saturated heterocycles. The van der Waals surface area contributed by atoms with Crippen molar-refractivity contribution in [3.63, 3.8) is 0 Å². The van der Waals surface area contributed by atoms with Crippen LogP contribution in [-0.4, -0.2) is 37.7 Å². The van der Waals surface area contributed by atoms with E-state index < -0.39 is 18.0 Å². The van der Waals surface area contributed by atoms with Crippen molar-refractivity contribution in [2.45, 2.75) is 26.9 Å². The number of hydrogen-bond donors (Lipinski definition) is 1. The minimum Gasteiger partial charge on any atom is -0.449 e. The molecule has 0 radical (unpaired) electrons. The molecule has 1 N–H and O–H groups in total. The maximum absolute atomic E-state index is 12.3. The molecule has 0 aliphatic heterocycles. The highest BCUT2D eigenvalue weighted by molar-refractivity contribution is 6.32. The summed E-state index contributed by atoms with van der Waals surface area (Å²) in [7, 11) is 0. The van der Waals surface area contributed by atoms with Crippen molar-refractivity contribution in [1.29, 1.82) is 0 Å². The van der Waals surface area contributed by atoms with Crippen molar-refractivity contribution in [3.05, 3.63) is 64.8 Å². The highest BCUT2D eigenvalue weighted by Crippen LogP contribution is 2.18. The predicted octanol–water partition coefficient (Wildman–Crippen LogP) is 3.12. The molecule has 3 aromatic rings. The lowest BCUT2D eigenvalue weighted by Crippen LogP contribution is -2.30. The number of pyridine rings is 2. The maximum atomic E-state index is 12.3. The van der Waals surface area contributed by atoms with E-state index in [4.69, 9.17) is 16.3 Å². The van der Waals surface area contributed by atoms with Gasteiger partial charge in [0.2, 0.25) is 0 Å². The summed E-state index contributed by atoms with van der Waals surface area (Å²) in [5.74, 6) is -0.595. The fourth-order valence-corrected chi connectivity index (χ4v) is 2.66. The third-order valence-corrected chi connectivity index (χ3v) is 4.18. The number of nitrogens with zero attached hydrogens (tertiary/aromatic N) is 4. The summed E-state index contributed by atoms with van der Waals surface area (Å²) in [6, 6.07) is 8.40. The summed E-state index contributed by atoms with van der Waals surface area (Å²) in [5, 5.41) is 7.06. The van der Waals surface area contributed by atoms with Gasteiger partial charge in [0.1, 0.15) is 0 Å². The first kappa shape index (κ1) is 19.5. The average Bonchev–Trinajstić information content (AvgIpc) is 3.01. The largest absolute Gasteiger partial charge is 0.449 e. The normalized spacial score (nSPS) is 11.7. The molecular formula is C19H18ClN5O3. The molecule has 0 fully saturated rings. The number of aryl methyl sites for hydroxylation is 2. The molecule has 1 amide bonds. The van der Waals surface area contributed by atoms with Crippen LogP contribution in [0.3, 0.4) is 0 Å². The molecule has 1 unspecified atom stereocenters. The minimum atomic E-state index is -1.03. The third-order valence-electron chi connectivity index (χ3n) is 3.88. The number of nitrogens with one attached hydrogen (secondary N) is 1. The van der Waals surface area contributed by atoms with Crippen molar-refractivity contribution in [1.82, 2.24) is 19.7 Å². The highest BCUT2D eigenvalue weighted by Gasteiger charge is 2.20. The Hall–Kier alpha value is -3.26. The van der Waals surface area contributed by atoms with Crippen molar-refractivity contribution in [2.75, 3.05) is 5.32 Å². The molecule has 0 spiro atoms. The van der Waals surface area contributed by atoms with E-state index in [1.165, 1.54) is 19.3 Å². The lowest BCUT2D eigenvalue weighted by atomic mass is 10.2. The number of carbonyl (C=O) groups is 2. The fourth-order valence-electron chi connectivity index (χ4n) is 2.49. The quantitative estimate of drug-likeness (QED) is 0.522. The third kappa shape index (κ3) is 4.34. The number of aromatic nitrogens is 4. The zero-order valence-corrected chi connectivity index (χ0v) is 16.3. The van der Waals surface area contributed by atoms with Crippen LogP contribution in [0.25, 0.3) is 5.82 Å². The monoisotopic (exact) mass is 399 g/mol. The minimum absolute atomic E-state index is 0.151. The number of esters is 1. The average molecular weight is 400 g/mol. The van der Waals surface area contributed by atoms with Crippen LogP contribution in [-0.2, 0) is 9.53 Å². The standard InChI is InChI=1S/C19H18ClN5O3/c1-11-9-12(2)25(24-11)16-7-6-14(10-22-16)19(27)28-13(3)18(26)23-15-5-4-8-21-17(15)20/h4-10,13H,1-3H3,(H,23,26). The van der Waals surface area contributed by atoms with Gasteiger partial charge < -0.3 is 10.1 Å². The van der Waals surface area contributed by atoms with Crippen molar-refractivity contribution >= 4 is 29.2 Å². The Balaban J connectivity index is 1.64. The number of halogens is 1. The van der Waals surface area contributed by atoms with E-state index in [9.17, 15) is 9.59 Å². The smallest absolute Gasteiger partial charge is 0.340 e. The van der Waals surface area contributed by atoms with E-state index in [0.717, 1.165) is 11.4 Å². The van der Waals surface area contributed by atoms with Gasteiger partial charge >= 0.3 is 5.97 Å². The summed E-state index contributed by atoms with van der Waals surface area (Å²) in [5.41, 5.74) is 2.37. The Morgan fingerprint density at radius 2 is 2.00 bits per heavy atom. The molecule has 28 heavy (non-hydrogen) atoms. The summed E-state index contributed by atoms with van der Waals surface area (Å²) in [6.45, 7) is 5.27. The molecule has 0 aliphatic rings. The van der Waals surface area contributed by atoms with E-state index in [0.29, 0.717) is 11.5 Å². The van der Waals surface area contributed by atoms with E-state index in [1.807, 2.05) is 19.9 Å². The van der Waals surface area contributed by atoms with Crippen LogP contribution < -0.4 is 5.32 Å². The van der Waals surface area contributed by atoms with Crippen molar-refractivity contribution in [3.8, 4) is 5.82 Å². The van der Waals surface area contributed by atoms with Gasteiger partial charge in [0.15, 0.2) is 17.1 Å². The molecule has 3 rings (SSSR count). The number of hydrogen-bond acceptors (Lipinski definition) is 6. The van der Waals surface area contributed by atoms with E-state index in [1.54, 1.807) is 28.9 Å². The molecule has 9 heteroatoms. The lowest BCUT2D eigenvalue weighted by Gasteiger charge is -2.14. The zero-order chi connectivity index (χ0) is 20.3. The molecular weight excluding hydrogens is 382 g/mol. The van der Waals surface area contributed by atoms with Gasteiger partial charge in [-0.05, 0) is 51.1 Å². The van der Waals surface area contributed by atoms with E-state index in [-0.39, 0.29) is 10.7 Å². The molecule has 8 nitrogen and oxygen atoms in total. The molecule has 1 atom stereocenters. The van der Waals surface area contributed by atoms with Crippen molar-refractivity contribution in [2.24, 2.45) is 0 Å². The number of anilines is 1. The van der Waals surface area contributed by atoms with Gasteiger partial charge in [-0.3, -0.25) is 4.79 Å². The highest BCUT2D eigenvalue weighted by atomic mass is 35.5. The van der Waals surface area contributed by atoms with Crippen LogP contribution >= 0.6 is 11.6 Å². The second kappa shape index (κ2) is 8.18. The summed E-state index contributed by atoms with van der Waals surface area (Å²) < 4.78 is 6.89. The molecule has 0 aromatic carbocycles. The van der Waals surface area contributed by atoms with Crippen LogP contribution in [0.2, 0.25) is 5.15 Å². The summed E-state index contributed by atoms with van der Waals surface area (Å²) >= 11 is 5.90. The van der Waals surface area contributed by atoms with Gasteiger partial charge in [0.05, 0.1) is 16.9 Å². The summed E-state index contributed by atoms with van der Waals surface area (Å²) in [6.07, 6.45) is 1.86. The number of ether oxygens (including phenoxy) is 1. The molecule has 0 aliphatic carbocycles. The topological polar surface area (TPSA) is 99.0 Å². The predicted molar refractivity (Wildman–Crippen MR) is 104 cm³/mol. The second-order valence-electron chi connectivity index (χ2n) is 6.12. The Labute approximate surface area is 166 Å². The molecule has 0 bridgehead atoms. The van der Waals surface area contributed by atoms with Crippen molar-refractivity contribution < 1.29 is 14.3 Å². The lowest BCUT2D eigenvalue weighted by molar-refractivity contribution is -0.123. The van der Waals surface area contributed by atoms with Gasteiger partial charge in [0.25, 0.3) is 5.91 Å². The Bertz CT molecular complexity index is 1020. The SMILES string of the molecule is Cc1cc(C)n(-c2ccc(C(=O)OC(C)C(=O)Nc3cccnc3Cl)cn2)n1. The first-order chi connectivity index (χ1) is 13.3. The molecule has 144 valence electrons. The number of amides is 1. The van der Waals surface area contributed by atoms with Crippen LogP contribution in [0.5, 0.6) is 0 Å². The van der Waals surface area contributed by atoms with Crippen LogP contribution in [0.15, 0.2) is 42.7 Å². The summed E-state index contributed by atoms with van der Waals surface area (Å²) in [4.78, 5) is 32.6. The first-order valence-electron chi connectivity index (χ1n) is 8.47. The Morgan fingerprint density at radius 3 is 2.61 bits per heavy atom. The van der Waals surface area contributed by atoms with E-state index >= 15 is 0 Å².